The number of anilines is 1. The van der Waals surface area contributed by atoms with Gasteiger partial charge in [-0.1, -0.05) is 42.5 Å². The van der Waals surface area contributed by atoms with E-state index in [1.807, 2.05) is 60.8 Å². The number of rotatable bonds is 2. The largest absolute Gasteiger partial charge is 0.376 e. The fraction of sp³-hybridized carbons (Fsp3) is 0.105. The fourth-order valence-corrected chi connectivity index (χ4v) is 3.06. The van der Waals surface area contributed by atoms with Gasteiger partial charge in [0.05, 0.1) is 11.6 Å². The predicted molar refractivity (Wildman–Crippen MR) is 87.1 cm³/mol. The lowest BCUT2D eigenvalue weighted by Gasteiger charge is -2.18. The van der Waals surface area contributed by atoms with Gasteiger partial charge in [0.25, 0.3) is 5.91 Å². The second-order valence-corrected chi connectivity index (χ2v) is 5.54. The maximum atomic E-state index is 12.7. The summed E-state index contributed by atoms with van der Waals surface area (Å²) in [5.74, 6) is 0.0265. The van der Waals surface area contributed by atoms with Crippen LogP contribution in [0.3, 0.4) is 0 Å². The van der Waals surface area contributed by atoms with Gasteiger partial charge in [0, 0.05) is 17.6 Å². The molecule has 0 saturated carbocycles. The molecule has 4 rings (SSSR count). The Bertz CT molecular complexity index is 820. The number of benzene rings is 2. The van der Waals surface area contributed by atoms with Crippen molar-refractivity contribution in [1.82, 2.24) is 4.57 Å². The minimum Gasteiger partial charge on any atom is -0.376 e. The fourth-order valence-electron chi connectivity index (χ4n) is 3.06. The molecule has 0 saturated heterocycles. The summed E-state index contributed by atoms with van der Waals surface area (Å²) < 4.78 is 1.76. The van der Waals surface area contributed by atoms with Crippen molar-refractivity contribution < 1.29 is 4.79 Å². The Morgan fingerprint density at radius 1 is 0.909 bits per heavy atom. The van der Waals surface area contributed by atoms with Crippen LogP contribution in [0.15, 0.2) is 72.9 Å². The SMILES string of the molecule is O=C1c2ccccc2NC(Cc2ccccc2)c2cccn21. The second kappa shape index (κ2) is 5.19. The molecule has 22 heavy (non-hydrogen) atoms. The third-order valence-corrected chi connectivity index (χ3v) is 4.13. The molecule has 1 aromatic heterocycles. The van der Waals surface area contributed by atoms with E-state index in [4.69, 9.17) is 0 Å². The highest BCUT2D eigenvalue weighted by Gasteiger charge is 2.26. The van der Waals surface area contributed by atoms with E-state index in [-0.39, 0.29) is 11.9 Å². The highest BCUT2D eigenvalue weighted by Crippen LogP contribution is 2.30. The third-order valence-electron chi connectivity index (χ3n) is 4.13. The van der Waals surface area contributed by atoms with Gasteiger partial charge in [0.15, 0.2) is 0 Å². The van der Waals surface area contributed by atoms with Crippen LogP contribution >= 0.6 is 0 Å². The predicted octanol–water partition coefficient (Wildman–Crippen LogP) is 3.89. The molecule has 3 aromatic rings. The molecule has 1 aliphatic rings. The van der Waals surface area contributed by atoms with Crippen molar-refractivity contribution >= 4 is 11.6 Å². The minimum absolute atomic E-state index is 0.0265. The molecule has 2 aromatic carbocycles. The van der Waals surface area contributed by atoms with Gasteiger partial charge < -0.3 is 5.32 Å². The second-order valence-electron chi connectivity index (χ2n) is 5.54. The maximum absolute atomic E-state index is 12.7. The van der Waals surface area contributed by atoms with E-state index in [1.54, 1.807) is 4.57 Å². The molecule has 0 radical (unpaired) electrons. The van der Waals surface area contributed by atoms with Crippen LogP contribution in [-0.4, -0.2) is 10.5 Å². The summed E-state index contributed by atoms with van der Waals surface area (Å²) in [5.41, 5.74) is 3.87. The lowest BCUT2D eigenvalue weighted by Crippen LogP contribution is -2.16. The van der Waals surface area contributed by atoms with E-state index in [0.717, 1.165) is 23.4 Å². The van der Waals surface area contributed by atoms with Crippen LogP contribution in [0.1, 0.15) is 27.7 Å². The molecule has 1 N–H and O–H groups in total. The summed E-state index contributed by atoms with van der Waals surface area (Å²) in [7, 11) is 0. The molecule has 1 atom stereocenters. The van der Waals surface area contributed by atoms with Crippen molar-refractivity contribution in [3.05, 3.63) is 89.7 Å². The van der Waals surface area contributed by atoms with Gasteiger partial charge in [0.1, 0.15) is 0 Å². The number of nitrogens with zero attached hydrogens (tertiary/aromatic N) is 1. The molecular weight excluding hydrogens is 272 g/mol. The zero-order chi connectivity index (χ0) is 14.9. The van der Waals surface area contributed by atoms with Crippen molar-refractivity contribution in [3.8, 4) is 0 Å². The lowest BCUT2D eigenvalue weighted by molar-refractivity contribution is 0.0959. The highest BCUT2D eigenvalue weighted by molar-refractivity contribution is 6.02. The molecular formula is C19H16N2O. The summed E-state index contributed by atoms with van der Waals surface area (Å²) in [6.07, 6.45) is 2.69. The van der Waals surface area contributed by atoms with Gasteiger partial charge in [0.2, 0.25) is 0 Å². The number of carbonyl (C=O) groups is 1. The van der Waals surface area contributed by atoms with Crippen LogP contribution in [-0.2, 0) is 6.42 Å². The first-order valence-corrected chi connectivity index (χ1v) is 7.44. The zero-order valence-corrected chi connectivity index (χ0v) is 12.1. The number of hydrogen-bond acceptors (Lipinski definition) is 2. The van der Waals surface area contributed by atoms with Gasteiger partial charge in [-0.25, -0.2) is 0 Å². The molecule has 0 fully saturated rings. The van der Waals surface area contributed by atoms with Gasteiger partial charge in [-0.05, 0) is 36.2 Å². The Morgan fingerprint density at radius 2 is 1.68 bits per heavy atom. The summed E-state index contributed by atoms with van der Waals surface area (Å²) >= 11 is 0. The molecule has 0 aliphatic carbocycles. The maximum Gasteiger partial charge on any atom is 0.264 e. The minimum atomic E-state index is 0.0265. The van der Waals surface area contributed by atoms with Gasteiger partial charge in [-0.2, -0.15) is 0 Å². The monoisotopic (exact) mass is 288 g/mol. The number of aromatic nitrogens is 1. The number of fused-ring (bicyclic) bond motifs is 2. The Labute approximate surface area is 129 Å². The molecule has 108 valence electrons. The van der Waals surface area contributed by atoms with Crippen molar-refractivity contribution in [1.29, 1.82) is 0 Å². The van der Waals surface area contributed by atoms with Gasteiger partial charge in [-0.3, -0.25) is 9.36 Å². The van der Waals surface area contributed by atoms with Crippen molar-refractivity contribution in [2.45, 2.75) is 12.5 Å². The standard InChI is InChI=1S/C19H16N2O/c22-19-15-9-4-5-10-16(15)20-17(18-11-6-12-21(18)19)13-14-7-2-1-3-8-14/h1-12,17,20H,13H2. The third kappa shape index (κ3) is 2.11. The van der Waals surface area contributed by atoms with Gasteiger partial charge in [-0.15, -0.1) is 0 Å². The van der Waals surface area contributed by atoms with Crippen molar-refractivity contribution in [3.63, 3.8) is 0 Å². The Kier molecular flexibility index (Phi) is 3.04. The van der Waals surface area contributed by atoms with Crippen LogP contribution < -0.4 is 5.32 Å². The first-order valence-electron chi connectivity index (χ1n) is 7.44. The van der Waals surface area contributed by atoms with Crippen LogP contribution in [0.25, 0.3) is 0 Å². The van der Waals surface area contributed by atoms with Gasteiger partial charge >= 0.3 is 0 Å². The molecule has 1 aliphatic heterocycles. The van der Waals surface area contributed by atoms with Crippen LogP contribution in [0, 0.1) is 0 Å². The summed E-state index contributed by atoms with van der Waals surface area (Å²) in [6.45, 7) is 0. The van der Waals surface area contributed by atoms with Crippen LogP contribution in [0.2, 0.25) is 0 Å². The first kappa shape index (κ1) is 12.9. The van der Waals surface area contributed by atoms with Crippen LogP contribution in [0.4, 0.5) is 5.69 Å². The van der Waals surface area contributed by atoms with E-state index in [0.29, 0.717) is 0 Å². The molecule has 3 nitrogen and oxygen atoms in total. The Balaban J connectivity index is 1.79. The first-order chi connectivity index (χ1) is 10.8. The Hall–Kier alpha value is -2.81. The molecule has 0 spiro atoms. The quantitative estimate of drug-likeness (QED) is 0.776. The molecule has 1 unspecified atom stereocenters. The van der Waals surface area contributed by atoms with Crippen molar-refractivity contribution in [2.75, 3.05) is 5.32 Å². The number of para-hydroxylation sites is 1. The Morgan fingerprint density at radius 3 is 2.55 bits per heavy atom. The van der Waals surface area contributed by atoms with E-state index < -0.39 is 0 Å². The average Bonchev–Trinajstić information content (AvgIpc) is 3.01. The molecule has 3 heteroatoms. The summed E-state index contributed by atoms with van der Waals surface area (Å²) in [4.78, 5) is 12.7. The smallest absolute Gasteiger partial charge is 0.264 e. The van der Waals surface area contributed by atoms with Crippen molar-refractivity contribution in [2.24, 2.45) is 0 Å². The van der Waals surface area contributed by atoms with E-state index in [2.05, 4.69) is 17.4 Å². The average molecular weight is 288 g/mol. The summed E-state index contributed by atoms with van der Waals surface area (Å²) in [6, 6.07) is 22.1. The number of carbonyl (C=O) groups excluding carboxylic acids is 1. The molecule has 2 heterocycles. The van der Waals surface area contributed by atoms with E-state index in [9.17, 15) is 4.79 Å². The van der Waals surface area contributed by atoms with E-state index >= 15 is 0 Å². The normalized spacial score (nSPS) is 16.4. The highest BCUT2D eigenvalue weighted by atomic mass is 16.2. The molecule has 0 amide bonds. The zero-order valence-electron chi connectivity index (χ0n) is 12.1. The topological polar surface area (TPSA) is 34.0 Å². The van der Waals surface area contributed by atoms with Crippen LogP contribution in [0.5, 0.6) is 0 Å². The lowest BCUT2D eigenvalue weighted by atomic mass is 10.0. The molecule has 0 bridgehead atoms. The number of hydrogen-bond donors (Lipinski definition) is 1. The number of nitrogens with one attached hydrogen (secondary N) is 1. The summed E-state index contributed by atoms with van der Waals surface area (Å²) in [5, 5.41) is 3.54. The van der Waals surface area contributed by atoms with E-state index in [1.165, 1.54) is 5.56 Å².